The first-order valence-corrected chi connectivity index (χ1v) is 14.8. The molecular formula is C36H28N2S. The van der Waals surface area contributed by atoms with E-state index < -0.39 is 0 Å². The lowest BCUT2D eigenvalue weighted by atomic mass is 9.64. The Hall–Kier alpha value is -3.95. The second-order valence-corrected chi connectivity index (χ2v) is 12.0. The predicted molar refractivity (Wildman–Crippen MR) is 162 cm³/mol. The first-order chi connectivity index (χ1) is 19.3. The highest BCUT2D eigenvalue weighted by atomic mass is 32.2. The Bertz CT molecular complexity index is 1880. The average Bonchev–Trinajstić information content (AvgIpc) is 3.01. The lowest BCUT2D eigenvalue weighted by Crippen LogP contribution is -2.33. The van der Waals surface area contributed by atoms with Gasteiger partial charge in [0.25, 0.3) is 0 Å². The van der Waals surface area contributed by atoms with Crippen molar-refractivity contribution in [2.24, 2.45) is 0 Å². The van der Waals surface area contributed by atoms with Gasteiger partial charge in [-0.05, 0) is 71.5 Å². The third-order valence-electron chi connectivity index (χ3n) is 8.75. The number of hydrogen-bond acceptors (Lipinski definition) is 3. The molecule has 0 saturated heterocycles. The molecule has 0 N–H and O–H groups in total. The van der Waals surface area contributed by atoms with E-state index in [9.17, 15) is 0 Å². The zero-order chi connectivity index (χ0) is 25.8. The van der Waals surface area contributed by atoms with Crippen LogP contribution < -0.4 is 0 Å². The third-order valence-corrected chi connectivity index (χ3v) is 9.90. The smallest absolute Gasteiger partial charge is 0.0972 e. The summed E-state index contributed by atoms with van der Waals surface area (Å²) < 4.78 is 0. The monoisotopic (exact) mass is 520 g/mol. The quantitative estimate of drug-likeness (QED) is 0.213. The molecule has 188 valence electrons. The van der Waals surface area contributed by atoms with Crippen molar-refractivity contribution in [2.75, 3.05) is 0 Å². The zero-order valence-corrected chi connectivity index (χ0v) is 22.5. The Morgan fingerprint density at radius 2 is 1.33 bits per heavy atom. The number of aromatic nitrogens is 2. The van der Waals surface area contributed by atoms with Gasteiger partial charge >= 0.3 is 0 Å². The molecule has 0 bridgehead atoms. The van der Waals surface area contributed by atoms with Crippen molar-refractivity contribution < 1.29 is 0 Å². The van der Waals surface area contributed by atoms with Crippen molar-refractivity contribution >= 4 is 33.6 Å². The third kappa shape index (κ3) is 3.71. The lowest BCUT2D eigenvalue weighted by Gasteiger charge is -2.43. The molecule has 1 aliphatic heterocycles. The highest BCUT2D eigenvalue weighted by Crippen LogP contribution is 2.55. The summed E-state index contributed by atoms with van der Waals surface area (Å²) in [7, 11) is 0. The molecule has 8 rings (SSSR count). The fraction of sp³-hybridized carbons (Fsp3) is 0.167. The summed E-state index contributed by atoms with van der Waals surface area (Å²) >= 11 is 1.94. The molecule has 39 heavy (non-hydrogen) atoms. The van der Waals surface area contributed by atoms with Crippen molar-refractivity contribution in [1.29, 1.82) is 0 Å². The Kier molecular flexibility index (Phi) is 5.34. The first-order valence-electron chi connectivity index (χ1n) is 14.0. The molecule has 4 aromatic carbocycles. The fourth-order valence-electron chi connectivity index (χ4n) is 6.82. The van der Waals surface area contributed by atoms with Gasteiger partial charge in [-0.3, -0.25) is 4.98 Å². The number of fused-ring (bicyclic) bond motifs is 7. The molecule has 1 aliphatic carbocycles. The van der Waals surface area contributed by atoms with Crippen molar-refractivity contribution in [1.82, 2.24) is 9.97 Å². The van der Waals surface area contributed by atoms with Crippen molar-refractivity contribution in [3.05, 3.63) is 120 Å². The van der Waals surface area contributed by atoms with Gasteiger partial charge in [0.2, 0.25) is 0 Å². The highest BCUT2D eigenvalue weighted by molar-refractivity contribution is 7.99. The topological polar surface area (TPSA) is 25.8 Å². The van der Waals surface area contributed by atoms with E-state index in [-0.39, 0.29) is 5.41 Å². The van der Waals surface area contributed by atoms with Gasteiger partial charge in [0.05, 0.1) is 16.7 Å². The number of benzene rings is 4. The maximum absolute atomic E-state index is 5.11. The van der Waals surface area contributed by atoms with E-state index in [4.69, 9.17) is 4.98 Å². The lowest BCUT2D eigenvalue weighted by molar-refractivity contribution is 0.335. The summed E-state index contributed by atoms with van der Waals surface area (Å²) in [6, 6.07) is 37.8. The minimum absolute atomic E-state index is 0.136. The van der Waals surface area contributed by atoms with Crippen LogP contribution in [0.25, 0.3) is 44.2 Å². The molecule has 1 spiro atoms. The fourth-order valence-corrected chi connectivity index (χ4v) is 8.08. The predicted octanol–water partition coefficient (Wildman–Crippen LogP) is 9.83. The van der Waals surface area contributed by atoms with E-state index in [1.54, 1.807) is 0 Å². The average molecular weight is 521 g/mol. The van der Waals surface area contributed by atoms with Gasteiger partial charge < -0.3 is 0 Å². The van der Waals surface area contributed by atoms with Gasteiger partial charge in [0.15, 0.2) is 0 Å². The van der Waals surface area contributed by atoms with Crippen LogP contribution in [0.15, 0.2) is 119 Å². The van der Waals surface area contributed by atoms with Crippen molar-refractivity contribution in [3.8, 4) is 22.4 Å². The summed E-state index contributed by atoms with van der Waals surface area (Å²) in [5, 5.41) is 2.24. The van der Waals surface area contributed by atoms with E-state index in [2.05, 4.69) is 102 Å². The number of rotatable bonds is 2. The summed E-state index contributed by atoms with van der Waals surface area (Å²) in [6.45, 7) is 0. The molecule has 2 nitrogen and oxygen atoms in total. The van der Waals surface area contributed by atoms with Gasteiger partial charge in [0, 0.05) is 37.7 Å². The van der Waals surface area contributed by atoms with Gasteiger partial charge in [-0.15, -0.1) is 0 Å². The van der Waals surface area contributed by atoms with Crippen LogP contribution in [0, 0.1) is 0 Å². The maximum atomic E-state index is 5.11. The molecule has 3 heterocycles. The van der Waals surface area contributed by atoms with Crippen molar-refractivity contribution in [3.63, 3.8) is 0 Å². The second kappa shape index (κ2) is 9.07. The molecule has 0 atom stereocenters. The molecule has 3 heteroatoms. The van der Waals surface area contributed by atoms with E-state index in [1.165, 1.54) is 64.1 Å². The van der Waals surface area contributed by atoms with Crippen LogP contribution >= 0.6 is 11.8 Å². The molecule has 0 unspecified atom stereocenters. The molecular weight excluding hydrogens is 492 g/mol. The van der Waals surface area contributed by atoms with Crippen molar-refractivity contribution in [2.45, 2.75) is 47.3 Å². The van der Waals surface area contributed by atoms with Gasteiger partial charge in [-0.2, -0.15) is 0 Å². The number of hydrogen-bond donors (Lipinski definition) is 0. The van der Waals surface area contributed by atoms with Crippen LogP contribution in [0.5, 0.6) is 0 Å². The normalized spacial score (nSPS) is 15.8. The first kappa shape index (κ1) is 23.0. The molecule has 2 aliphatic rings. The van der Waals surface area contributed by atoms with E-state index >= 15 is 0 Å². The Morgan fingerprint density at radius 3 is 2.26 bits per heavy atom. The number of pyridine rings is 2. The minimum Gasteiger partial charge on any atom is -0.254 e. The molecule has 0 amide bonds. The minimum atomic E-state index is 0.136. The Labute approximate surface area is 233 Å². The summed E-state index contributed by atoms with van der Waals surface area (Å²) in [5.41, 5.74) is 9.75. The van der Waals surface area contributed by atoms with Crippen LogP contribution in [0.2, 0.25) is 0 Å². The van der Waals surface area contributed by atoms with E-state index in [1.807, 2.05) is 24.0 Å². The van der Waals surface area contributed by atoms with E-state index in [0.29, 0.717) is 0 Å². The van der Waals surface area contributed by atoms with Crippen LogP contribution in [0.1, 0.15) is 43.2 Å². The largest absolute Gasteiger partial charge is 0.254 e. The van der Waals surface area contributed by atoms with Gasteiger partial charge in [0.1, 0.15) is 0 Å². The summed E-state index contributed by atoms with van der Waals surface area (Å²) in [5.74, 6) is 0. The second-order valence-electron chi connectivity index (χ2n) is 10.9. The summed E-state index contributed by atoms with van der Waals surface area (Å²) in [4.78, 5) is 12.6. The SMILES string of the molecule is c1cc(-c2ccc3c(c2)C2(CCCCC2)c2ccccc2S3)cc(-c2ccc3ccc4cccnc4c3n2)c1. The molecule has 6 aromatic rings. The highest BCUT2D eigenvalue weighted by Gasteiger charge is 2.41. The Morgan fingerprint density at radius 1 is 0.564 bits per heavy atom. The van der Waals surface area contributed by atoms with Crippen LogP contribution in [0.3, 0.4) is 0 Å². The zero-order valence-electron chi connectivity index (χ0n) is 21.7. The van der Waals surface area contributed by atoms with Crippen LogP contribution in [0.4, 0.5) is 0 Å². The molecule has 2 aromatic heterocycles. The Balaban J connectivity index is 1.24. The number of nitrogens with zero attached hydrogens (tertiary/aromatic N) is 2. The molecule has 1 saturated carbocycles. The standard InChI is InChI=1S/C36H28N2S/c1-4-19-36(20-5-1)29-11-2-3-12-32(29)39-33-18-16-27(23-30(33)36)26-8-6-9-28(22-26)31-17-15-25-14-13-24-10-7-21-37-34(24)35(25)38-31/h2-3,6-18,21-23H,1,4-5,19-20H2. The maximum Gasteiger partial charge on any atom is 0.0972 e. The molecule has 1 fully saturated rings. The van der Waals surface area contributed by atoms with E-state index in [0.717, 1.165) is 33.1 Å². The molecule has 0 radical (unpaired) electrons. The van der Waals surface area contributed by atoms with Gasteiger partial charge in [-0.1, -0.05) is 97.8 Å². The van der Waals surface area contributed by atoms with Gasteiger partial charge in [-0.25, -0.2) is 4.98 Å². The van der Waals surface area contributed by atoms with Crippen LogP contribution in [-0.2, 0) is 5.41 Å². The van der Waals surface area contributed by atoms with Crippen LogP contribution in [-0.4, -0.2) is 9.97 Å². The summed E-state index contributed by atoms with van der Waals surface area (Å²) in [6.07, 6.45) is 8.28.